The molecule has 1 aromatic carbocycles. The molecule has 108 valence electrons. The number of benzene rings is 1. The number of hydrogen-bond acceptors (Lipinski definition) is 4. The van der Waals surface area contributed by atoms with Gasteiger partial charge in [-0.2, -0.15) is 0 Å². The highest BCUT2D eigenvalue weighted by Gasteiger charge is 2.33. The molecule has 0 spiro atoms. The lowest BCUT2D eigenvalue weighted by Gasteiger charge is -2.32. The van der Waals surface area contributed by atoms with Gasteiger partial charge in [-0.25, -0.2) is 4.79 Å². The lowest BCUT2D eigenvalue weighted by Crippen LogP contribution is -2.48. The van der Waals surface area contributed by atoms with Crippen LogP contribution in [0.15, 0.2) is 24.3 Å². The normalized spacial score (nSPS) is 17.2. The molecule has 0 saturated carbocycles. The molecule has 1 amide bonds. The Hall–Kier alpha value is -2.08. The van der Waals surface area contributed by atoms with Crippen LogP contribution in [0.4, 0.5) is 5.69 Å². The van der Waals surface area contributed by atoms with Crippen molar-refractivity contribution in [1.29, 1.82) is 0 Å². The molecule has 0 aromatic heterocycles. The van der Waals surface area contributed by atoms with Gasteiger partial charge in [-0.1, -0.05) is 19.1 Å². The molecule has 1 aromatic rings. The summed E-state index contributed by atoms with van der Waals surface area (Å²) in [5, 5.41) is 9.08. The molecule has 6 nitrogen and oxygen atoms in total. The zero-order valence-electron chi connectivity index (χ0n) is 11.2. The standard InChI is InChI=1S/C14H17NO5/c1-2-7-19-9-13(16)15-8-12(14(17)18)20-11-6-4-3-5-10(11)15/h3-6,12H,2,7-9H2,1H3,(H,17,18). The maximum atomic E-state index is 12.2. The number of fused-ring (bicyclic) bond motifs is 1. The molecule has 1 aliphatic rings. The first-order valence-electron chi connectivity index (χ1n) is 6.50. The van der Waals surface area contributed by atoms with Crippen LogP contribution in [0, 0.1) is 0 Å². The van der Waals surface area contributed by atoms with E-state index in [1.54, 1.807) is 24.3 Å². The Kier molecular flexibility index (Phi) is 4.57. The Morgan fingerprint density at radius 1 is 1.45 bits per heavy atom. The molecule has 1 atom stereocenters. The van der Waals surface area contributed by atoms with Crippen molar-refractivity contribution in [3.63, 3.8) is 0 Å². The second-order valence-electron chi connectivity index (χ2n) is 4.47. The first-order valence-corrected chi connectivity index (χ1v) is 6.50. The van der Waals surface area contributed by atoms with Gasteiger partial charge in [-0.15, -0.1) is 0 Å². The molecule has 0 aliphatic carbocycles. The van der Waals surface area contributed by atoms with Crippen LogP contribution >= 0.6 is 0 Å². The van der Waals surface area contributed by atoms with Crippen LogP contribution in [0.25, 0.3) is 0 Å². The van der Waals surface area contributed by atoms with Gasteiger partial charge in [0.25, 0.3) is 5.91 Å². The minimum Gasteiger partial charge on any atom is -0.478 e. The van der Waals surface area contributed by atoms with E-state index >= 15 is 0 Å². The van der Waals surface area contributed by atoms with Crippen LogP contribution in [-0.4, -0.2) is 42.8 Å². The smallest absolute Gasteiger partial charge is 0.346 e. The number of hydrogen-bond donors (Lipinski definition) is 1. The van der Waals surface area contributed by atoms with Crippen LogP contribution in [-0.2, 0) is 14.3 Å². The van der Waals surface area contributed by atoms with Crippen molar-refractivity contribution >= 4 is 17.6 Å². The summed E-state index contributed by atoms with van der Waals surface area (Å²) in [4.78, 5) is 24.7. The van der Waals surface area contributed by atoms with Gasteiger partial charge in [0.1, 0.15) is 12.4 Å². The summed E-state index contributed by atoms with van der Waals surface area (Å²) in [6.45, 7) is 2.38. The van der Waals surface area contributed by atoms with Gasteiger partial charge in [0, 0.05) is 6.61 Å². The van der Waals surface area contributed by atoms with Crippen LogP contribution in [0.1, 0.15) is 13.3 Å². The zero-order chi connectivity index (χ0) is 14.5. The molecule has 1 unspecified atom stereocenters. The van der Waals surface area contributed by atoms with Crippen molar-refractivity contribution in [2.24, 2.45) is 0 Å². The van der Waals surface area contributed by atoms with E-state index in [4.69, 9.17) is 14.6 Å². The van der Waals surface area contributed by atoms with E-state index in [9.17, 15) is 9.59 Å². The zero-order valence-corrected chi connectivity index (χ0v) is 11.2. The SMILES string of the molecule is CCCOCC(=O)N1CC(C(=O)O)Oc2ccccc21. The summed E-state index contributed by atoms with van der Waals surface area (Å²) in [5.41, 5.74) is 0.579. The van der Waals surface area contributed by atoms with Crippen molar-refractivity contribution in [3.05, 3.63) is 24.3 Å². The highest BCUT2D eigenvalue weighted by molar-refractivity contribution is 5.97. The number of para-hydroxylation sites is 2. The van der Waals surface area contributed by atoms with Crippen LogP contribution in [0.2, 0.25) is 0 Å². The summed E-state index contributed by atoms with van der Waals surface area (Å²) in [6.07, 6.45) is -0.231. The Labute approximate surface area is 116 Å². The highest BCUT2D eigenvalue weighted by Crippen LogP contribution is 2.33. The molecule has 0 radical (unpaired) electrons. The molecule has 0 bridgehead atoms. The van der Waals surface area contributed by atoms with Gasteiger partial charge in [-0.3, -0.25) is 4.79 Å². The molecule has 1 heterocycles. The van der Waals surface area contributed by atoms with E-state index in [2.05, 4.69) is 0 Å². The molecule has 0 fully saturated rings. The molecular formula is C14H17NO5. The minimum absolute atomic E-state index is 0.0132. The molecule has 1 aliphatic heterocycles. The van der Waals surface area contributed by atoms with Gasteiger partial charge in [-0.05, 0) is 18.6 Å². The van der Waals surface area contributed by atoms with E-state index in [-0.39, 0.29) is 19.1 Å². The average molecular weight is 279 g/mol. The van der Waals surface area contributed by atoms with Gasteiger partial charge < -0.3 is 19.5 Å². The fourth-order valence-corrected chi connectivity index (χ4v) is 1.98. The van der Waals surface area contributed by atoms with Crippen LogP contribution < -0.4 is 9.64 Å². The summed E-state index contributed by atoms with van der Waals surface area (Å²) >= 11 is 0. The molecule has 20 heavy (non-hydrogen) atoms. The largest absolute Gasteiger partial charge is 0.478 e. The predicted molar refractivity (Wildman–Crippen MR) is 72.0 cm³/mol. The van der Waals surface area contributed by atoms with E-state index in [1.165, 1.54) is 4.90 Å². The van der Waals surface area contributed by atoms with Gasteiger partial charge in [0.2, 0.25) is 6.10 Å². The second-order valence-corrected chi connectivity index (χ2v) is 4.47. The van der Waals surface area contributed by atoms with E-state index in [1.807, 2.05) is 6.92 Å². The second kappa shape index (κ2) is 6.38. The number of carboxylic acid groups (broad SMARTS) is 1. The lowest BCUT2D eigenvalue weighted by atomic mass is 10.2. The van der Waals surface area contributed by atoms with Gasteiger partial charge >= 0.3 is 5.97 Å². The third-order valence-electron chi connectivity index (χ3n) is 2.92. The minimum atomic E-state index is -1.09. The van der Waals surface area contributed by atoms with Crippen molar-refractivity contribution in [1.82, 2.24) is 0 Å². The van der Waals surface area contributed by atoms with Crippen LogP contribution in [0.3, 0.4) is 0 Å². The number of rotatable bonds is 5. The fraction of sp³-hybridized carbons (Fsp3) is 0.429. The maximum absolute atomic E-state index is 12.2. The molecule has 0 saturated heterocycles. The van der Waals surface area contributed by atoms with Crippen molar-refractivity contribution in [3.8, 4) is 5.75 Å². The van der Waals surface area contributed by atoms with Gasteiger partial charge in [0.05, 0.1) is 12.2 Å². The van der Waals surface area contributed by atoms with Gasteiger partial charge in [0.15, 0.2) is 0 Å². The number of anilines is 1. The van der Waals surface area contributed by atoms with Crippen molar-refractivity contribution in [2.45, 2.75) is 19.4 Å². The number of carbonyl (C=O) groups is 2. The first-order chi connectivity index (χ1) is 9.63. The summed E-state index contributed by atoms with van der Waals surface area (Å²) in [6, 6.07) is 6.89. The number of ether oxygens (including phenoxy) is 2. The molecular weight excluding hydrogens is 262 g/mol. The number of nitrogens with zero attached hydrogens (tertiary/aromatic N) is 1. The average Bonchev–Trinajstić information content (AvgIpc) is 2.46. The molecule has 2 rings (SSSR count). The Balaban J connectivity index is 2.18. The highest BCUT2D eigenvalue weighted by atomic mass is 16.5. The van der Waals surface area contributed by atoms with E-state index in [0.29, 0.717) is 18.0 Å². The van der Waals surface area contributed by atoms with Crippen molar-refractivity contribution < 1.29 is 24.2 Å². The Morgan fingerprint density at radius 3 is 2.90 bits per heavy atom. The Bertz CT molecular complexity index is 502. The number of carboxylic acids is 1. The third kappa shape index (κ3) is 3.08. The van der Waals surface area contributed by atoms with Crippen molar-refractivity contribution in [2.75, 3.05) is 24.7 Å². The number of amides is 1. The quantitative estimate of drug-likeness (QED) is 0.822. The molecule has 1 N–H and O–H groups in total. The topological polar surface area (TPSA) is 76.1 Å². The van der Waals surface area contributed by atoms with E-state index < -0.39 is 12.1 Å². The Morgan fingerprint density at radius 2 is 2.20 bits per heavy atom. The first kappa shape index (κ1) is 14.3. The predicted octanol–water partition coefficient (Wildman–Crippen LogP) is 1.29. The lowest BCUT2D eigenvalue weighted by molar-refractivity contribution is -0.145. The monoisotopic (exact) mass is 279 g/mol. The summed E-state index contributed by atoms with van der Waals surface area (Å²) in [5.74, 6) is -0.956. The molecule has 6 heteroatoms. The number of carbonyl (C=O) groups excluding carboxylic acids is 1. The fourth-order valence-electron chi connectivity index (χ4n) is 1.98. The number of aliphatic carboxylic acids is 1. The summed E-state index contributed by atoms with van der Waals surface area (Å²) < 4.78 is 10.6. The maximum Gasteiger partial charge on any atom is 0.346 e. The summed E-state index contributed by atoms with van der Waals surface area (Å²) in [7, 11) is 0. The van der Waals surface area contributed by atoms with Crippen LogP contribution in [0.5, 0.6) is 5.75 Å². The van der Waals surface area contributed by atoms with E-state index in [0.717, 1.165) is 6.42 Å². The third-order valence-corrected chi connectivity index (χ3v) is 2.92.